The summed E-state index contributed by atoms with van der Waals surface area (Å²) in [6.07, 6.45) is 0. The first-order valence-electron chi connectivity index (χ1n) is 3.70. The molecule has 0 bridgehead atoms. The normalized spacial score (nSPS) is 13.1. The van der Waals surface area contributed by atoms with E-state index in [1.807, 2.05) is 0 Å². The highest BCUT2D eigenvalue weighted by atomic mass is 27.1. The van der Waals surface area contributed by atoms with Crippen molar-refractivity contribution in [1.82, 2.24) is 8.78 Å². The fourth-order valence-corrected chi connectivity index (χ4v) is 1.20. The minimum absolute atomic E-state index is 0.344. The second-order valence-corrected chi connectivity index (χ2v) is 5.17. The predicted octanol–water partition coefficient (Wildman–Crippen LogP) is 0.154. The maximum atomic E-state index is 2.45. The summed E-state index contributed by atoms with van der Waals surface area (Å²) in [6.45, 7) is 7.84. The zero-order chi connectivity index (χ0) is 8.36. The van der Waals surface area contributed by atoms with Crippen LogP contribution in [0.25, 0.3) is 0 Å². The molecule has 10 heavy (non-hydrogen) atoms. The van der Waals surface area contributed by atoms with Crippen LogP contribution in [0.15, 0.2) is 0 Å². The van der Waals surface area contributed by atoms with Crippen molar-refractivity contribution in [2.24, 2.45) is 0 Å². The van der Waals surface area contributed by atoms with Crippen LogP contribution in [-0.2, 0) is 0 Å². The molecule has 0 aromatic carbocycles. The van der Waals surface area contributed by atoms with Gasteiger partial charge in [0.2, 0.25) is 0 Å². The lowest BCUT2D eigenvalue weighted by atomic mass is 10.1. The van der Waals surface area contributed by atoms with Gasteiger partial charge in [0.15, 0.2) is 0 Å². The van der Waals surface area contributed by atoms with E-state index in [0.717, 1.165) is 23.2 Å². The molecule has 0 saturated heterocycles. The van der Waals surface area contributed by atoms with Crippen molar-refractivity contribution >= 4 is 16.5 Å². The monoisotopic (exact) mass is 158 g/mol. The average Bonchev–Trinajstić information content (AvgIpc) is 1.60. The Morgan fingerprint density at radius 3 is 1.70 bits per heavy atom. The lowest BCUT2D eigenvalue weighted by Crippen LogP contribution is -2.44. The molecule has 3 heteroatoms. The first-order valence-corrected chi connectivity index (χ1v) is 4.59. The highest BCUT2D eigenvalue weighted by Crippen LogP contribution is 2.08. The third kappa shape index (κ3) is 4.30. The molecule has 2 nitrogen and oxygen atoms in total. The van der Waals surface area contributed by atoms with E-state index in [1.165, 1.54) is 0 Å². The summed E-state index contributed by atoms with van der Waals surface area (Å²) < 4.78 is 2.45. The number of hydrogen-bond donors (Lipinski definition) is 0. The molecule has 60 valence electrons. The Bertz CT molecular complexity index is 96.3. The third-order valence-corrected chi connectivity index (χ3v) is 3.26. The van der Waals surface area contributed by atoms with Crippen molar-refractivity contribution in [3.8, 4) is 0 Å². The summed E-state index contributed by atoms with van der Waals surface area (Å²) in [5.41, 5.74) is 0.344. The maximum Gasteiger partial charge on any atom is 0.323 e. The van der Waals surface area contributed by atoms with Gasteiger partial charge < -0.3 is 3.88 Å². The summed E-state index contributed by atoms with van der Waals surface area (Å²) in [6, 6.07) is 0. The molecular weight excluding hydrogens is 139 g/mol. The molecular formula is C7H19AlN2. The van der Waals surface area contributed by atoms with Gasteiger partial charge in [0, 0.05) is 6.67 Å². The summed E-state index contributed by atoms with van der Waals surface area (Å²) in [4.78, 5) is 2.21. The van der Waals surface area contributed by atoms with E-state index < -0.39 is 0 Å². The van der Waals surface area contributed by atoms with Crippen LogP contribution in [0.4, 0.5) is 0 Å². The molecule has 0 atom stereocenters. The predicted molar refractivity (Wildman–Crippen MR) is 48.7 cm³/mol. The Balaban J connectivity index is 3.73. The van der Waals surface area contributed by atoms with Crippen LogP contribution < -0.4 is 0 Å². The largest absolute Gasteiger partial charge is 0.374 e. The van der Waals surface area contributed by atoms with Gasteiger partial charge in [-0.05, 0) is 40.4 Å². The Morgan fingerprint density at radius 2 is 1.60 bits per heavy atom. The van der Waals surface area contributed by atoms with Gasteiger partial charge in [0.1, 0.15) is 0 Å². The van der Waals surface area contributed by atoms with Crippen LogP contribution in [0, 0.1) is 0 Å². The van der Waals surface area contributed by atoms with Crippen LogP contribution in [0.1, 0.15) is 20.8 Å². The van der Waals surface area contributed by atoms with Crippen molar-refractivity contribution in [3.63, 3.8) is 0 Å². The minimum atomic E-state index is 0.344. The molecule has 0 aliphatic heterocycles. The molecule has 0 heterocycles. The Kier molecular flexibility index (Phi) is 3.90. The van der Waals surface area contributed by atoms with Crippen LogP contribution in [0.2, 0.25) is 0 Å². The zero-order valence-electron chi connectivity index (χ0n) is 8.10. The number of hydrogen-bond acceptors (Lipinski definition) is 2. The molecule has 0 aromatic heterocycles. The van der Waals surface area contributed by atoms with Gasteiger partial charge in [-0.15, -0.1) is 0 Å². The highest BCUT2D eigenvalue weighted by molar-refractivity contribution is 6.04. The van der Waals surface area contributed by atoms with Gasteiger partial charge in [-0.3, -0.25) is 4.90 Å². The standard InChI is InChI=1S/C7H17N2.Al.2H/c1-7(2,3)8-6-9(4)5;;;/h6H2,1-5H3;;;/q-1;+1;;. The van der Waals surface area contributed by atoms with E-state index in [-0.39, 0.29) is 0 Å². The van der Waals surface area contributed by atoms with E-state index in [4.69, 9.17) is 0 Å². The van der Waals surface area contributed by atoms with Crippen molar-refractivity contribution in [2.75, 3.05) is 20.8 Å². The smallest absolute Gasteiger partial charge is 0.323 e. The van der Waals surface area contributed by atoms with Gasteiger partial charge in [-0.1, -0.05) is 0 Å². The minimum Gasteiger partial charge on any atom is -0.374 e. The van der Waals surface area contributed by atoms with Gasteiger partial charge in [0.25, 0.3) is 0 Å². The van der Waals surface area contributed by atoms with Crippen LogP contribution in [-0.4, -0.2) is 51.6 Å². The maximum absolute atomic E-state index is 2.45. The topological polar surface area (TPSA) is 6.48 Å². The lowest BCUT2D eigenvalue weighted by molar-refractivity contribution is 0.178. The van der Waals surface area contributed by atoms with Crippen LogP contribution >= 0.6 is 0 Å². The summed E-state index contributed by atoms with van der Waals surface area (Å²) >= 11 is 1.14. The fourth-order valence-electron chi connectivity index (χ4n) is 0.636. The van der Waals surface area contributed by atoms with Crippen molar-refractivity contribution in [3.05, 3.63) is 0 Å². The Hall–Kier alpha value is 0.452. The SMILES string of the molecule is CN(C)C[N]([AlH2])C(C)(C)C. The second kappa shape index (κ2) is 3.73. The molecule has 0 amide bonds. The number of nitrogens with zero attached hydrogens (tertiary/aromatic N) is 2. The third-order valence-electron chi connectivity index (χ3n) is 1.64. The molecule has 0 aliphatic rings. The molecule has 0 spiro atoms. The summed E-state index contributed by atoms with van der Waals surface area (Å²) in [7, 11) is 4.22. The quantitative estimate of drug-likeness (QED) is 0.417. The summed E-state index contributed by atoms with van der Waals surface area (Å²) in [5, 5.41) is 0. The molecule has 0 radical (unpaired) electrons. The van der Waals surface area contributed by atoms with Gasteiger partial charge in [0.05, 0.1) is 0 Å². The van der Waals surface area contributed by atoms with E-state index >= 15 is 0 Å². The highest BCUT2D eigenvalue weighted by Gasteiger charge is 2.15. The van der Waals surface area contributed by atoms with Gasteiger partial charge >= 0.3 is 16.5 Å². The fraction of sp³-hybridized carbons (Fsp3) is 1.00. The zero-order valence-corrected chi connectivity index (χ0v) is 10.1. The molecule has 0 N–H and O–H groups in total. The lowest BCUT2D eigenvalue weighted by Gasteiger charge is -2.35. The van der Waals surface area contributed by atoms with Crippen molar-refractivity contribution in [1.29, 1.82) is 0 Å². The van der Waals surface area contributed by atoms with Gasteiger partial charge in [-0.25, -0.2) is 0 Å². The number of rotatable bonds is 2. The molecule has 0 unspecified atom stereocenters. The molecule has 0 aromatic rings. The van der Waals surface area contributed by atoms with E-state index in [1.54, 1.807) is 0 Å². The summed E-state index contributed by atoms with van der Waals surface area (Å²) in [5.74, 6) is 0. The molecule has 0 rings (SSSR count). The van der Waals surface area contributed by atoms with Crippen LogP contribution in [0.3, 0.4) is 0 Å². The molecule has 0 fully saturated rings. The van der Waals surface area contributed by atoms with E-state index in [9.17, 15) is 0 Å². The van der Waals surface area contributed by atoms with E-state index in [0.29, 0.717) is 5.54 Å². The van der Waals surface area contributed by atoms with E-state index in [2.05, 4.69) is 43.6 Å². The molecule has 0 aliphatic carbocycles. The average molecular weight is 158 g/mol. The van der Waals surface area contributed by atoms with Crippen molar-refractivity contribution in [2.45, 2.75) is 26.3 Å². The Labute approximate surface area is 72.8 Å². The Morgan fingerprint density at radius 1 is 1.20 bits per heavy atom. The second-order valence-electron chi connectivity index (χ2n) is 4.09. The first-order chi connectivity index (χ1) is 4.34. The van der Waals surface area contributed by atoms with Gasteiger partial charge in [-0.2, -0.15) is 0 Å². The molecule has 0 saturated carbocycles. The first kappa shape index (κ1) is 10.5. The van der Waals surface area contributed by atoms with Crippen molar-refractivity contribution < 1.29 is 0 Å². The van der Waals surface area contributed by atoms with Crippen LogP contribution in [0.5, 0.6) is 0 Å².